The molecule has 0 saturated carbocycles. The van der Waals surface area contributed by atoms with Gasteiger partial charge in [0.15, 0.2) is 0 Å². The molecule has 1 aliphatic rings. The number of benzene rings is 3. The van der Waals surface area contributed by atoms with Gasteiger partial charge >= 0.3 is 0 Å². The van der Waals surface area contributed by atoms with Gasteiger partial charge in [-0.15, -0.1) is 0 Å². The SMILES string of the molecule is COc1ccc(C2=Nc3ccccc3-c3ccccc3N2)cc1. The number of hydrogen-bond donors (Lipinski definition) is 1. The Kier molecular flexibility index (Phi) is 3.31. The Labute approximate surface area is 135 Å². The van der Waals surface area contributed by atoms with Crippen LogP contribution >= 0.6 is 0 Å². The summed E-state index contributed by atoms with van der Waals surface area (Å²) < 4.78 is 5.23. The molecule has 1 heterocycles. The standard InChI is InChI=1S/C20H16N2O/c1-23-15-12-10-14(11-13-15)20-21-18-8-4-2-6-16(18)17-7-3-5-9-19(17)22-20/h2-13H,1H3,(H,21,22). The maximum Gasteiger partial charge on any atom is 0.138 e. The van der Waals surface area contributed by atoms with Crippen LogP contribution in [0.3, 0.4) is 0 Å². The first kappa shape index (κ1) is 13.6. The van der Waals surface area contributed by atoms with E-state index in [1.807, 2.05) is 48.5 Å². The molecule has 3 heteroatoms. The van der Waals surface area contributed by atoms with Crippen molar-refractivity contribution in [1.29, 1.82) is 0 Å². The van der Waals surface area contributed by atoms with Crippen LogP contribution in [-0.2, 0) is 0 Å². The lowest BCUT2D eigenvalue weighted by Crippen LogP contribution is -2.12. The van der Waals surface area contributed by atoms with Crippen molar-refractivity contribution < 1.29 is 4.74 Å². The van der Waals surface area contributed by atoms with E-state index in [0.29, 0.717) is 0 Å². The van der Waals surface area contributed by atoms with Crippen LogP contribution in [0.15, 0.2) is 77.8 Å². The third kappa shape index (κ3) is 2.46. The van der Waals surface area contributed by atoms with Crippen LogP contribution in [0.25, 0.3) is 11.1 Å². The minimum Gasteiger partial charge on any atom is -0.497 e. The average molecular weight is 300 g/mol. The number of anilines is 1. The van der Waals surface area contributed by atoms with Crippen molar-refractivity contribution >= 4 is 17.2 Å². The number of rotatable bonds is 2. The second-order valence-corrected chi connectivity index (χ2v) is 5.38. The normalized spacial score (nSPS) is 12.3. The van der Waals surface area contributed by atoms with E-state index in [9.17, 15) is 0 Å². The van der Waals surface area contributed by atoms with Crippen molar-refractivity contribution in [2.75, 3.05) is 12.4 Å². The first-order valence-corrected chi connectivity index (χ1v) is 7.54. The summed E-state index contributed by atoms with van der Waals surface area (Å²) in [6, 6.07) is 24.4. The molecule has 1 N–H and O–H groups in total. The van der Waals surface area contributed by atoms with E-state index < -0.39 is 0 Å². The summed E-state index contributed by atoms with van der Waals surface area (Å²) in [5.41, 5.74) is 5.36. The van der Waals surface area contributed by atoms with Crippen molar-refractivity contribution in [1.82, 2.24) is 0 Å². The maximum atomic E-state index is 5.23. The Bertz CT molecular complexity index is 882. The third-order valence-electron chi connectivity index (χ3n) is 3.97. The quantitative estimate of drug-likeness (QED) is 0.733. The van der Waals surface area contributed by atoms with Gasteiger partial charge in [-0.3, -0.25) is 0 Å². The van der Waals surface area contributed by atoms with Gasteiger partial charge in [-0.05, 0) is 36.4 Å². The molecule has 0 atom stereocenters. The molecule has 3 nitrogen and oxygen atoms in total. The van der Waals surface area contributed by atoms with E-state index in [4.69, 9.17) is 9.73 Å². The van der Waals surface area contributed by atoms with E-state index in [0.717, 1.165) is 39.7 Å². The third-order valence-corrected chi connectivity index (χ3v) is 3.97. The Balaban J connectivity index is 1.88. The average Bonchev–Trinajstić information content (AvgIpc) is 2.79. The highest BCUT2D eigenvalue weighted by Gasteiger charge is 2.16. The van der Waals surface area contributed by atoms with Gasteiger partial charge in [-0.1, -0.05) is 36.4 Å². The molecule has 0 saturated heterocycles. The van der Waals surface area contributed by atoms with Gasteiger partial charge in [0.05, 0.1) is 12.8 Å². The summed E-state index contributed by atoms with van der Waals surface area (Å²) in [6.45, 7) is 0. The zero-order valence-electron chi connectivity index (χ0n) is 12.8. The van der Waals surface area contributed by atoms with Crippen LogP contribution in [-0.4, -0.2) is 12.9 Å². The lowest BCUT2D eigenvalue weighted by Gasteiger charge is -2.11. The fraction of sp³-hybridized carbons (Fsp3) is 0.0500. The minimum atomic E-state index is 0.837. The fourth-order valence-electron chi connectivity index (χ4n) is 2.79. The number of aliphatic imine (C=N–C) groups is 1. The van der Waals surface area contributed by atoms with Gasteiger partial charge < -0.3 is 10.1 Å². The van der Waals surface area contributed by atoms with E-state index in [-0.39, 0.29) is 0 Å². The highest BCUT2D eigenvalue weighted by molar-refractivity contribution is 6.13. The summed E-state index contributed by atoms with van der Waals surface area (Å²) in [7, 11) is 1.67. The molecule has 1 aliphatic heterocycles. The molecule has 0 aliphatic carbocycles. The highest BCUT2D eigenvalue weighted by Crippen LogP contribution is 2.37. The predicted molar refractivity (Wildman–Crippen MR) is 94.7 cm³/mol. The van der Waals surface area contributed by atoms with Crippen LogP contribution in [0.2, 0.25) is 0 Å². The van der Waals surface area contributed by atoms with Crippen LogP contribution in [0.4, 0.5) is 11.4 Å². The first-order valence-electron chi connectivity index (χ1n) is 7.54. The molecule has 0 fully saturated rings. The van der Waals surface area contributed by atoms with Gasteiger partial charge in [0.1, 0.15) is 11.6 Å². The number of nitrogens with one attached hydrogen (secondary N) is 1. The Morgan fingerprint density at radius 3 is 2.26 bits per heavy atom. The Morgan fingerprint density at radius 1 is 0.783 bits per heavy atom. The number of amidine groups is 1. The van der Waals surface area contributed by atoms with Crippen molar-refractivity contribution in [3.05, 3.63) is 78.4 Å². The monoisotopic (exact) mass is 300 g/mol. The maximum absolute atomic E-state index is 5.23. The molecule has 0 radical (unpaired) electrons. The highest BCUT2D eigenvalue weighted by atomic mass is 16.5. The van der Waals surface area contributed by atoms with E-state index in [1.54, 1.807) is 7.11 Å². The molecule has 3 aromatic carbocycles. The molecule has 23 heavy (non-hydrogen) atoms. The van der Waals surface area contributed by atoms with E-state index in [2.05, 4.69) is 29.6 Å². The molecule has 3 aromatic rings. The molecule has 4 rings (SSSR count). The number of methoxy groups -OCH3 is 1. The number of para-hydroxylation sites is 2. The lowest BCUT2D eigenvalue weighted by atomic mass is 10.0. The second kappa shape index (κ2) is 5.61. The number of nitrogens with zero attached hydrogens (tertiary/aromatic N) is 1. The van der Waals surface area contributed by atoms with Crippen LogP contribution in [0.5, 0.6) is 5.75 Å². The first-order chi connectivity index (χ1) is 11.3. The van der Waals surface area contributed by atoms with Crippen molar-refractivity contribution in [3.63, 3.8) is 0 Å². The number of ether oxygens (including phenoxy) is 1. The number of fused-ring (bicyclic) bond motifs is 3. The minimum absolute atomic E-state index is 0.837. The van der Waals surface area contributed by atoms with Crippen LogP contribution in [0, 0.1) is 0 Å². The number of hydrogen-bond acceptors (Lipinski definition) is 3. The summed E-state index contributed by atoms with van der Waals surface area (Å²) >= 11 is 0. The summed E-state index contributed by atoms with van der Waals surface area (Å²) in [6.07, 6.45) is 0. The molecule has 0 unspecified atom stereocenters. The van der Waals surface area contributed by atoms with E-state index >= 15 is 0 Å². The molecular weight excluding hydrogens is 284 g/mol. The molecule has 0 aromatic heterocycles. The van der Waals surface area contributed by atoms with Gasteiger partial charge in [0.2, 0.25) is 0 Å². The Hall–Kier alpha value is -3.07. The van der Waals surface area contributed by atoms with Gasteiger partial charge in [0.25, 0.3) is 0 Å². The van der Waals surface area contributed by atoms with Crippen LogP contribution < -0.4 is 10.1 Å². The topological polar surface area (TPSA) is 33.6 Å². The summed E-state index contributed by atoms with van der Waals surface area (Å²) in [5.74, 6) is 1.67. The van der Waals surface area contributed by atoms with Crippen LogP contribution in [0.1, 0.15) is 5.56 Å². The molecule has 0 bridgehead atoms. The fourth-order valence-corrected chi connectivity index (χ4v) is 2.79. The molecule has 112 valence electrons. The van der Waals surface area contributed by atoms with E-state index in [1.165, 1.54) is 0 Å². The molecule has 0 spiro atoms. The summed E-state index contributed by atoms with van der Waals surface area (Å²) in [4.78, 5) is 4.84. The van der Waals surface area contributed by atoms with Crippen molar-refractivity contribution in [3.8, 4) is 16.9 Å². The lowest BCUT2D eigenvalue weighted by molar-refractivity contribution is 0.415. The molecular formula is C20H16N2O. The van der Waals surface area contributed by atoms with Crippen molar-refractivity contribution in [2.45, 2.75) is 0 Å². The summed E-state index contributed by atoms with van der Waals surface area (Å²) in [5, 5.41) is 3.47. The second-order valence-electron chi connectivity index (χ2n) is 5.38. The Morgan fingerprint density at radius 2 is 1.48 bits per heavy atom. The zero-order valence-corrected chi connectivity index (χ0v) is 12.8. The molecule has 0 amide bonds. The van der Waals surface area contributed by atoms with Gasteiger partial charge in [0, 0.05) is 22.4 Å². The van der Waals surface area contributed by atoms with Gasteiger partial charge in [-0.25, -0.2) is 4.99 Å². The van der Waals surface area contributed by atoms with Gasteiger partial charge in [-0.2, -0.15) is 0 Å². The predicted octanol–water partition coefficient (Wildman–Crippen LogP) is 4.87. The van der Waals surface area contributed by atoms with Crippen molar-refractivity contribution in [2.24, 2.45) is 4.99 Å². The zero-order chi connectivity index (χ0) is 15.6. The smallest absolute Gasteiger partial charge is 0.138 e. The largest absolute Gasteiger partial charge is 0.497 e.